The van der Waals surface area contributed by atoms with Crippen LogP contribution in [0.25, 0.3) is 0 Å². The van der Waals surface area contributed by atoms with E-state index >= 15 is 0 Å². The molecule has 0 amide bonds. The number of rotatable bonds is 5. The van der Waals surface area contributed by atoms with Crippen molar-refractivity contribution in [2.45, 2.75) is 44.1 Å². The van der Waals surface area contributed by atoms with Crippen molar-refractivity contribution in [1.29, 1.82) is 0 Å². The van der Waals surface area contributed by atoms with E-state index in [0.717, 1.165) is 37.4 Å². The lowest BCUT2D eigenvalue weighted by molar-refractivity contribution is -0.0842. The Labute approximate surface area is 142 Å². The molecule has 3 atom stereocenters. The largest absolute Gasteiger partial charge is 0.489 e. The Balaban J connectivity index is 1.29. The first kappa shape index (κ1) is 15.5. The van der Waals surface area contributed by atoms with Gasteiger partial charge in [-0.1, -0.05) is 6.07 Å². The molecule has 2 aromatic rings. The predicted octanol–water partition coefficient (Wildman–Crippen LogP) is 2.68. The van der Waals surface area contributed by atoms with Crippen LogP contribution in [-0.2, 0) is 11.3 Å². The van der Waals surface area contributed by atoms with Crippen molar-refractivity contribution in [3.05, 3.63) is 54.6 Å². The summed E-state index contributed by atoms with van der Waals surface area (Å²) in [6.45, 7) is 2.61. The van der Waals surface area contributed by atoms with Crippen molar-refractivity contribution in [3.8, 4) is 5.75 Å². The lowest BCUT2D eigenvalue weighted by atomic mass is 9.99. The Morgan fingerprint density at radius 1 is 1.12 bits per heavy atom. The Hall–Kier alpha value is -1.98. The molecule has 2 aliphatic rings. The summed E-state index contributed by atoms with van der Waals surface area (Å²) in [5.41, 5.74) is 1.14. The van der Waals surface area contributed by atoms with Gasteiger partial charge in [0, 0.05) is 31.5 Å². The summed E-state index contributed by atoms with van der Waals surface area (Å²) < 4.78 is 12.1. The SMILES string of the molecule is c1ccc(CN2CC[C@@H]3O[C@H](COc4cccnc4)CC[C@@H]32)nc1. The van der Waals surface area contributed by atoms with Gasteiger partial charge in [-0.25, -0.2) is 0 Å². The van der Waals surface area contributed by atoms with Crippen LogP contribution in [0.2, 0.25) is 0 Å². The molecule has 0 aliphatic carbocycles. The summed E-state index contributed by atoms with van der Waals surface area (Å²) in [5.74, 6) is 0.812. The van der Waals surface area contributed by atoms with Crippen LogP contribution < -0.4 is 4.74 Å². The summed E-state index contributed by atoms with van der Waals surface area (Å²) in [6, 6.07) is 10.5. The average Bonchev–Trinajstić information content (AvgIpc) is 3.04. The number of hydrogen-bond acceptors (Lipinski definition) is 5. The molecular weight excluding hydrogens is 302 g/mol. The van der Waals surface area contributed by atoms with Crippen molar-refractivity contribution >= 4 is 0 Å². The molecule has 2 fully saturated rings. The zero-order valence-corrected chi connectivity index (χ0v) is 13.8. The standard InChI is InChI=1S/C19H23N3O2/c1-2-10-21-15(4-1)13-22-11-8-19-18(22)7-6-17(24-19)14-23-16-5-3-9-20-12-16/h1-5,9-10,12,17-19H,6-8,11,13-14H2/t17-,18-,19-/m0/s1. The molecule has 24 heavy (non-hydrogen) atoms. The van der Waals surface area contributed by atoms with Gasteiger partial charge in [0.1, 0.15) is 12.4 Å². The summed E-state index contributed by atoms with van der Waals surface area (Å²) >= 11 is 0. The Bertz CT molecular complexity index is 638. The fraction of sp³-hybridized carbons (Fsp3) is 0.474. The number of pyridine rings is 2. The van der Waals surface area contributed by atoms with Gasteiger partial charge in [-0.2, -0.15) is 0 Å². The smallest absolute Gasteiger partial charge is 0.137 e. The predicted molar refractivity (Wildman–Crippen MR) is 90.7 cm³/mol. The summed E-state index contributed by atoms with van der Waals surface area (Å²) in [4.78, 5) is 11.0. The molecule has 4 rings (SSSR count). The molecule has 5 nitrogen and oxygen atoms in total. The molecule has 0 unspecified atom stereocenters. The molecule has 0 aromatic carbocycles. The van der Waals surface area contributed by atoms with Crippen LogP contribution in [0.5, 0.6) is 5.75 Å². The van der Waals surface area contributed by atoms with Crippen molar-refractivity contribution < 1.29 is 9.47 Å². The highest BCUT2D eigenvalue weighted by Crippen LogP contribution is 2.32. The first-order valence-electron chi connectivity index (χ1n) is 8.71. The van der Waals surface area contributed by atoms with Gasteiger partial charge in [0.25, 0.3) is 0 Å². The fourth-order valence-corrected chi connectivity index (χ4v) is 3.73. The molecule has 4 heterocycles. The maximum Gasteiger partial charge on any atom is 0.137 e. The molecule has 0 spiro atoms. The van der Waals surface area contributed by atoms with E-state index in [1.54, 1.807) is 12.4 Å². The number of fused-ring (bicyclic) bond motifs is 1. The average molecular weight is 325 g/mol. The van der Waals surface area contributed by atoms with E-state index in [2.05, 4.69) is 27.0 Å². The number of nitrogens with zero attached hydrogens (tertiary/aromatic N) is 3. The van der Waals surface area contributed by atoms with Gasteiger partial charge < -0.3 is 9.47 Å². The van der Waals surface area contributed by atoms with Gasteiger partial charge in [0.2, 0.25) is 0 Å². The van der Waals surface area contributed by atoms with E-state index in [1.807, 2.05) is 24.4 Å². The Morgan fingerprint density at radius 2 is 2.12 bits per heavy atom. The summed E-state index contributed by atoms with van der Waals surface area (Å²) in [6.07, 6.45) is 9.18. The molecular formula is C19H23N3O2. The van der Waals surface area contributed by atoms with Crippen LogP contribution in [0.15, 0.2) is 48.9 Å². The topological polar surface area (TPSA) is 47.5 Å². The normalized spacial score (nSPS) is 26.9. The third-order valence-corrected chi connectivity index (χ3v) is 4.91. The van der Waals surface area contributed by atoms with E-state index in [-0.39, 0.29) is 6.10 Å². The van der Waals surface area contributed by atoms with Crippen molar-refractivity contribution in [2.24, 2.45) is 0 Å². The highest BCUT2D eigenvalue weighted by atomic mass is 16.5. The monoisotopic (exact) mass is 325 g/mol. The van der Waals surface area contributed by atoms with Crippen LogP contribution in [0.1, 0.15) is 25.0 Å². The Morgan fingerprint density at radius 3 is 2.96 bits per heavy atom. The molecule has 2 saturated heterocycles. The first-order valence-corrected chi connectivity index (χ1v) is 8.71. The summed E-state index contributed by atoms with van der Waals surface area (Å²) in [7, 11) is 0. The molecule has 5 heteroatoms. The maximum absolute atomic E-state index is 6.29. The highest BCUT2D eigenvalue weighted by molar-refractivity contribution is 5.15. The van der Waals surface area contributed by atoms with E-state index in [0.29, 0.717) is 18.8 Å². The van der Waals surface area contributed by atoms with E-state index < -0.39 is 0 Å². The van der Waals surface area contributed by atoms with Gasteiger partial charge in [-0.15, -0.1) is 0 Å². The van der Waals surface area contributed by atoms with E-state index in [9.17, 15) is 0 Å². The van der Waals surface area contributed by atoms with Gasteiger partial charge in [-0.3, -0.25) is 14.9 Å². The number of hydrogen-bond donors (Lipinski definition) is 0. The molecule has 2 aliphatic heterocycles. The van der Waals surface area contributed by atoms with Gasteiger partial charge >= 0.3 is 0 Å². The molecule has 0 bridgehead atoms. The lowest BCUT2D eigenvalue weighted by Crippen LogP contribution is -2.43. The molecule has 0 radical (unpaired) electrons. The van der Waals surface area contributed by atoms with Gasteiger partial charge in [0.15, 0.2) is 0 Å². The minimum Gasteiger partial charge on any atom is -0.489 e. The van der Waals surface area contributed by atoms with Crippen LogP contribution in [0.4, 0.5) is 0 Å². The third kappa shape index (κ3) is 3.57. The fourth-order valence-electron chi connectivity index (χ4n) is 3.73. The van der Waals surface area contributed by atoms with Crippen molar-refractivity contribution in [1.82, 2.24) is 14.9 Å². The van der Waals surface area contributed by atoms with Gasteiger partial charge in [-0.05, 0) is 43.5 Å². The second-order valence-corrected chi connectivity index (χ2v) is 6.52. The van der Waals surface area contributed by atoms with E-state index in [1.165, 1.54) is 6.42 Å². The molecule has 126 valence electrons. The van der Waals surface area contributed by atoms with Crippen molar-refractivity contribution in [2.75, 3.05) is 13.2 Å². The van der Waals surface area contributed by atoms with Crippen LogP contribution >= 0.6 is 0 Å². The van der Waals surface area contributed by atoms with Crippen LogP contribution in [-0.4, -0.2) is 46.3 Å². The van der Waals surface area contributed by atoms with E-state index in [4.69, 9.17) is 9.47 Å². The zero-order valence-electron chi connectivity index (χ0n) is 13.8. The molecule has 0 N–H and O–H groups in total. The number of likely N-dealkylation sites (tertiary alicyclic amines) is 1. The Kier molecular flexibility index (Phi) is 4.71. The first-order chi connectivity index (χ1) is 11.9. The summed E-state index contributed by atoms with van der Waals surface area (Å²) in [5, 5.41) is 0. The van der Waals surface area contributed by atoms with Gasteiger partial charge in [0.05, 0.1) is 24.1 Å². The van der Waals surface area contributed by atoms with Crippen LogP contribution in [0, 0.1) is 0 Å². The van der Waals surface area contributed by atoms with Crippen molar-refractivity contribution in [3.63, 3.8) is 0 Å². The lowest BCUT2D eigenvalue weighted by Gasteiger charge is -2.35. The maximum atomic E-state index is 6.29. The molecule has 0 saturated carbocycles. The zero-order chi connectivity index (χ0) is 16.2. The minimum atomic E-state index is 0.182. The minimum absolute atomic E-state index is 0.182. The second kappa shape index (κ2) is 7.28. The highest BCUT2D eigenvalue weighted by Gasteiger charge is 2.39. The third-order valence-electron chi connectivity index (χ3n) is 4.91. The molecule has 2 aromatic heterocycles. The second-order valence-electron chi connectivity index (χ2n) is 6.52. The quantitative estimate of drug-likeness (QED) is 0.846. The number of aromatic nitrogens is 2. The number of ether oxygens (including phenoxy) is 2. The van der Waals surface area contributed by atoms with Crippen LogP contribution in [0.3, 0.4) is 0 Å².